The Hall–Kier alpha value is -1.20. The van der Waals surface area contributed by atoms with Crippen LogP contribution in [0.2, 0.25) is 0 Å². The molecule has 0 aliphatic carbocycles. The standard InChI is InChI=1S/C18H22NO.HI/c1-19(2,3)14-17-12-8-7-11-16(17)13-18(20)15-9-5-4-6-10-15;/h4-12H,13-14H2,1-3H3;1H/q+1;/p-1. The predicted molar refractivity (Wildman–Crippen MR) is 82.7 cm³/mol. The van der Waals surface area contributed by atoms with E-state index in [2.05, 4.69) is 33.3 Å². The van der Waals surface area contributed by atoms with Crippen LogP contribution in [0.3, 0.4) is 0 Å². The highest BCUT2D eigenvalue weighted by Crippen LogP contribution is 2.16. The second kappa shape index (κ2) is 7.71. The minimum atomic E-state index is 0. The summed E-state index contributed by atoms with van der Waals surface area (Å²) in [6, 6.07) is 17.7. The van der Waals surface area contributed by atoms with E-state index in [-0.39, 0.29) is 29.8 Å². The number of halogens is 1. The van der Waals surface area contributed by atoms with Crippen LogP contribution in [0.15, 0.2) is 54.6 Å². The SMILES string of the molecule is C[N+](C)(C)Cc1ccccc1CC(=O)c1ccccc1.[I-]. The Bertz CT molecular complexity index is 588. The molecule has 21 heavy (non-hydrogen) atoms. The number of nitrogens with zero attached hydrogens (tertiary/aromatic N) is 1. The van der Waals surface area contributed by atoms with Gasteiger partial charge in [-0.15, -0.1) is 0 Å². The largest absolute Gasteiger partial charge is 1.00 e. The van der Waals surface area contributed by atoms with Crippen LogP contribution in [0, 0.1) is 0 Å². The number of quaternary nitrogens is 1. The summed E-state index contributed by atoms with van der Waals surface area (Å²) in [6.45, 7) is 0.929. The molecule has 0 radical (unpaired) electrons. The first-order chi connectivity index (χ1) is 9.46. The van der Waals surface area contributed by atoms with E-state index in [0.29, 0.717) is 6.42 Å². The van der Waals surface area contributed by atoms with Crippen molar-refractivity contribution in [1.82, 2.24) is 0 Å². The molecular formula is C18H22INO. The van der Waals surface area contributed by atoms with Crippen LogP contribution in [0.25, 0.3) is 0 Å². The van der Waals surface area contributed by atoms with Crippen LogP contribution in [-0.2, 0) is 13.0 Å². The normalized spacial score (nSPS) is 10.8. The molecule has 0 atom stereocenters. The molecule has 2 aromatic rings. The van der Waals surface area contributed by atoms with E-state index in [4.69, 9.17) is 0 Å². The molecule has 112 valence electrons. The van der Waals surface area contributed by atoms with Crippen LogP contribution in [0.1, 0.15) is 21.5 Å². The van der Waals surface area contributed by atoms with E-state index >= 15 is 0 Å². The molecule has 0 bridgehead atoms. The first-order valence-electron chi connectivity index (χ1n) is 6.91. The lowest BCUT2D eigenvalue weighted by molar-refractivity contribution is -0.884. The zero-order valence-corrected chi connectivity index (χ0v) is 15.0. The topological polar surface area (TPSA) is 17.1 Å². The summed E-state index contributed by atoms with van der Waals surface area (Å²) in [4.78, 5) is 12.3. The molecule has 2 aromatic carbocycles. The van der Waals surface area contributed by atoms with Gasteiger partial charge in [0.05, 0.1) is 21.1 Å². The van der Waals surface area contributed by atoms with Crippen molar-refractivity contribution in [3.8, 4) is 0 Å². The van der Waals surface area contributed by atoms with Gasteiger partial charge in [0.2, 0.25) is 0 Å². The molecule has 0 aliphatic heterocycles. The van der Waals surface area contributed by atoms with E-state index in [0.717, 1.165) is 22.2 Å². The smallest absolute Gasteiger partial charge is 0.167 e. The van der Waals surface area contributed by atoms with Crippen LogP contribution >= 0.6 is 0 Å². The van der Waals surface area contributed by atoms with Gasteiger partial charge < -0.3 is 28.5 Å². The zero-order chi connectivity index (χ0) is 14.6. The summed E-state index contributed by atoms with van der Waals surface area (Å²) in [7, 11) is 6.49. The van der Waals surface area contributed by atoms with Gasteiger partial charge in [0.25, 0.3) is 0 Å². The first kappa shape index (κ1) is 17.9. The number of hydrogen-bond donors (Lipinski definition) is 0. The highest BCUT2D eigenvalue weighted by Gasteiger charge is 2.14. The van der Waals surface area contributed by atoms with Crippen LogP contribution in [0.4, 0.5) is 0 Å². The molecule has 3 heteroatoms. The van der Waals surface area contributed by atoms with Gasteiger partial charge in [-0.25, -0.2) is 0 Å². The molecule has 2 nitrogen and oxygen atoms in total. The Morgan fingerprint density at radius 1 is 0.857 bits per heavy atom. The summed E-state index contributed by atoms with van der Waals surface area (Å²) in [5.41, 5.74) is 3.17. The molecule has 0 unspecified atom stereocenters. The number of carbonyl (C=O) groups excluding carboxylic acids is 1. The lowest BCUT2D eigenvalue weighted by atomic mass is 9.98. The molecule has 0 spiro atoms. The van der Waals surface area contributed by atoms with Gasteiger partial charge in [0, 0.05) is 17.5 Å². The van der Waals surface area contributed by atoms with Crippen molar-refractivity contribution in [1.29, 1.82) is 0 Å². The molecule has 0 aromatic heterocycles. The number of ketones is 1. The highest BCUT2D eigenvalue weighted by atomic mass is 127. The Kier molecular flexibility index (Phi) is 6.55. The van der Waals surface area contributed by atoms with Crippen LogP contribution in [-0.4, -0.2) is 31.4 Å². The molecule has 0 heterocycles. The Morgan fingerprint density at radius 3 is 1.95 bits per heavy atom. The summed E-state index contributed by atoms with van der Waals surface area (Å²) in [5.74, 6) is 0.180. The maximum absolute atomic E-state index is 12.3. The van der Waals surface area contributed by atoms with E-state index < -0.39 is 0 Å². The van der Waals surface area contributed by atoms with E-state index in [1.165, 1.54) is 5.56 Å². The second-order valence-corrected chi connectivity index (χ2v) is 6.18. The fraction of sp³-hybridized carbons (Fsp3) is 0.278. The van der Waals surface area contributed by atoms with E-state index in [1.807, 2.05) is 42.5 Å². The highest BCUT2D eigenvalue weighted by molar-refractivity contribution is 5.97. The summed E-state index contributed by atoms with van der Waals surface area (Å²) in [5, 5.41) is 0. The molecule has 0 saturated heterocycles. The van der Waals surface area contributed by atoms with Crippen molar-refractivity contribution >= 4 is 5.78 Å². The molecule has 0 aliphatic rings. The Morgan fingerprint density at radius 2 is 1.38 bits per heavy atom. The zero-order valence-electron chi connectivity index (χ0n) is 12.8. The molecule has 2 rings (SSSR count). The second-order valence-electron chi connectivity index (χ2n) is 6.18. The number of carbonyl (C=O) groups is 1. The van der Waals surface area contributed by atoms with Gasteiger partial charge >= 0.3 is 0 Å². The minimum Gasteiger partial charge on any atom is -1.00 e. The molecule has 0 fully saturated rings. The number of benzene rings is 2. The predicted octanol–water partition coefficient (Wildman–Crippen LogP) is 0.322. The van der Waals surface area contributed by atoms with Gasteiger partial charge in [-0.1, -0.05) is 54.6 Å². The molecule has 0 saturated carbocycles. The number of Topliss-reactive ketones (excluding diaryl/α,β-unsaturated/α-hetero) is 1. The van der Waals surface area contributed by atoms with Crippen molar-refractivity contribution in [2.45, 2.75) is 13.0 Å². The fourth-order valence-corrected chi connectivity index (χ4v) is 2.29. The van der Waals surface area contributed by atoms with Crippen molar-refractivity contribution < 1.29 is 33.3 Å². The summed E-state index contributed by atoms with van der Waals surface area (Å²) < 4.78 is 0.858. The lowest BCUT2D eigenvalue weighted by Crippen LogP contribution is -3.00. The third-order valence-electron chi connectivity index (χ3n) is 3.21. The molecule has 0 amide bonds. The molecular weight excluding hydrogens is 373 g/mol. The first-order valence-corrected chi connectivity index (χ1v) is 6.91. The van der Waals surface area contributed by atoms with Gasteiger partial charge in [-0.3, -0.25) is 4.79 Å². The maximum atomic E-state index is 12.3. The minimum absolute atomic E-state index is 0. The van der Waals surface area contributed by atoms with Crippen LogP contribution < -0.4 is 24.0 Å². The third kappa shape index (κ3) is 5.59. The van der Waals surface area contributed by atoms with Gasteiger partial charge in [-0.2, -0.15) is 0 Å². The average Bonchev–Trinajstić information content (AvgIpc) is 2.40. The fourth-order valence-electron chi connectivity index (χ4n) is 2.29. The number of hydrogen-bond acceptors (Lipinski definition) is 1. The van der Waals surface area contributed by atoms with Crippen molar-refractivity contribution in [3.63, 3.8) is 0 Å². The van der Waals surface area contributed by atoms with Crippen molar-refractivity contribution in [3.05, 3.63) is 71.3 Å². The van der Waals surface area contributed by atoms with Gasteiger partial charge in [0.1, 0.15) is 6.54 Å². The third-order valence-corrected chi connectivity index (χ3v) is 3.21. The van der Waals surface area contributed by atoms with Crippen molar-refractivity contribution in [2.75, 3.05) is 21.1 Å². The number of rotatable bonds is 5. The lowest BCUT2D eigenvalue weighted by Gasteiger charge is -2.25. The van der Waals surface area contributed by atoms with Crippen LogP contribution in [0.5, 0.6) is 0 Å². The van der Waals surface area contributed by atoms with Crippen molar-refractivity contribution in [2.24, 2.45) is 0 Å². The van der Waals surface area contributed by atoms with Gasteiger partial charge in [-0.05, 0) is 5.56 Å². The monoisotopic (exact) mass is 395 g/mol. The van der Waals surface area contributed by atoms with E-state index in [9.17, 15) is 4.79 Å². The summed E-state index contributed by atoms with van der Waals surface area (Å²) >= 11 is 0. The average molecular weight is 395 g/mol. The quantitative estimate of drug-likeness (QED) is 0.405. The summed E-state index contributed by atoms with van der Waals surface area (Å²) in [6.07, 6.45) is 0.472. The van der Waals surface area contributed by atoms with E-state index in [1.54, 1.807) is 0 Å². The molecule has 0 N–H and O–H groups in total. The Labute approximate surface area is 144 Å². The van der Waals surface area contributed by atoms with Gasteiger partial charge in [0.15, 0.2) is 5.78 Å². The maximum Gasteiger partial charge on any atom is 0.167 e. The Balaban J connectivity index is 0.00000220.